The Hall–Kier alpha value is -2.37. The molecular weight excluding hydrogens is 336 g/mol. The van der Waals surface area contributed by atoms with E-state index in [2.05, 4.69) is 27.3 Å². The van der Waals surface area contributed by atoms with E-state index in [4.69, 9.17) is 5.73 Å². The van der Waals surface area contributed by atoms with Crippen LogP contribution in [0.1, 0.15) is 30.9 Å². The van der Waals surface area contributed by atoms with E-state index in [0.29, 0.717) is 6.54 Å². The van der Waals surface area contributed by atoms with E-state index in [-0.39, 0.29) is 0 Å². The van der Waals surface area contributed by atoms with Crippen LogP contribution in [0.25, 0.3) is 11.0 Å². The van der Waals surface area contributed by atoms with Gasteiger partial charge in [-0.1, -0.05) is 42.5 Å². The van der Waals surface area contributed by atoms with Gasteiger partial charge in [-0.15, -0.1) is 0 Å². The van der Waals surface area contributed by atoms with Gasteiger partial charge in [0.25, 0.3) is 0 Å². The fourth-order valence-electron chi connectivity index (χ4n) is 4.27. The molecule has 1 aliphatic rings. The van der Waals surface area contributed by atoms with Crippen molar-refractivity contribution in [3.05, 3.63) is 60.2 Å². The highest BCUT2D eigenvalue weighted by atomic mass is 16.3. The maximum absolute atomic E-state index is 10.7. The third kappa shape index (κ3) is 3.84. The summed E-state index contributed by atoms with van der Waals surface area (Å²) in [6, 6.07) is 18.1. The molecule has 5 heteroatoms. The van der Waals surface area contributed by atoms with Crippen LogP contribution in [0.3, 0.4) is 0 Å². The van der Waals surface area contributed by atoms with Gasteiger partial charge >= 0.3 is 5.95 Å². The first-order valence-corrected chi connectivity index (χ1v) is 10.1. The number of aliphatic hydroxyl groups excluding tert-OH is 1. The van der Waals surface area contributed by atoms with Crippen molar-refractivity contribution in [2.75, 3.05) is 25.4 Å². The molecule has 0 saturated carbocycles. The summed E-state index contributed by atoms with van der Waals surface area (Å²) in [6.45, 7) is 5.01. The van der Waals surface area contributed by atoms with Crippen molar-refractivity contribution in [1.82, 2.24) is 4.57 Å². The lowest BCUT2D eigenvalue weighted by Gasteiger charge is -2.22. The van der Waals surface area contributed by atoms with Gasteiger partial charge in [0.05, 0.1) is 13.1 Å². The van der Waals surface area contributed by atoms with Gasteiger partial charge in [-0.2, -0.15) is 0 Å². The Kier molecular flexibility index (Phi) is 5.41. The normalized spacial score (nSPS) is 16.6. The highest BCUT2D eigenvalue weighted by Crippen LogP contribution is 2.19. The van der Waals surface area contributed by atoms with Crippen LogP contribution < -0.4 is 15.2 Å². The monoisotopic (exact) mass is 366 g/mol. The molecule has 27 heavy (non-hydrogen) atoms. The maximum Gasteiger partial charge on any atom is 0.356 e. The number of aliphatic hydroxyl groups is 1. The summed E-state index contributed by atoms with van der Waals surface area (Å²) in [5.74, 6) is 0.725. The number of imidazole rings is 1. The molecule has 1 saturated heterocycles. The summed E-state index contributed by atoms with van der Waals surface area (Å²) in [6.07, 6.45) is 3.46. The van der Waals surface area contributed by atoms with E-state index >= 15 is 0 Å². The summed E-state index contributed by atoms with van der Waals surface area (Å²) in [5.41, 5.74) is 9.71. The lowest BCUT2D eigenvalue weighted by Crippen LogP contribution is -3.13. The van der Waals surface area contributed by atoms with Gasteiger partial charge in [-0.3, -0.25) is 5.73 Å². The summed E-state index contributed by atoms with van der Waals surface area (Å²) in [4.78, 5) is 1.68. The minimum absolute atomic E-state index is 0.458. The van der Waals surface area contributed by atoms with Crippen LogP contribution in [-0.4, -0.2) is 29.3 Å². The zero-order valence-electron chi connectivity index (χ0n) is 15.8. The second kappa shape index (κ2) is 8.11. The molecule has 2 aromatic carbocycles. The van der Waals surface area contributed by atoms with Crippen LogP contribution >= 0.6 is 0 Å². The van der Waals surface area contributed by atoms with E-state index in [1.54, 1.807) is 4.90 Å². The summed E-state index contributed by atoms with van der Waals surface area (Å²) in [7, 11) is 0. The number of fused-ring (bicyclic) bond motifs is 1. The molecule has 1 unspecified atom stereocenters. The molecule has 2 heterocycles. The predicted octanol–water partition coefficient (Wildman–Crippen LogP) is 1.31. The predicted molar refractivity (Wildman–Crippen MR) is 107 cm³/mol. The quantitative estimate of drug-likeness (QED) is 0.576. The molecular formula is C22H30N4O+2. The molecule has 4 rings (SSSR count). The van der Waals surface area contributed by atoms with Gasteiger partial charge < -0.3 is 10.0 Å². The molecule has 1 fully saturated rings. The van der Waals surface area contributed by atoms with Gasteiger partial charge in [0, 0.05) is 0 Å². The van der Waals surface area contributed by atoms with Gasteiger partial charge in [0.1, 0.15) is 36.8 Å². The van der Waals surface area contributed by atoms with Crippen LogP contribution in [0.2, 0.25) is 0 Å². The lowest BCUT2D eigenvalue weighted by molar-refractivity contribution is -0.905. The molecule has 0 aliphatic carbocycles. The number of para-hydroxylation sites is 2. The van der Waals surface area contributed by atoms with Crippen LogP contribution in [0.4, 0.5) is 5.95 Å². The molecule has 1 aliphatic heterocycles. The van der Waals surface area contributed by atoms with Crippen LogP contribution in [0, 0.1) is 0 Å². The molecule has 0 amide bonds. The van der Waals surface area contributed by atoms with Crippen molar-refractivity contribution in [3.8, 4) is 0 Å². The average molecular weight is 367 g/mol. The van der Waals surface area contributed by atoms with E-state index in [0.717, 1.165) is 35.6 Å². The Labute approximate surface area is 160 Å². The Morgan fingerprint density at radius 3 is 2.48 bits per heavy atom. The first-order chi connectivity index (χ1) is 13.2. The molecule has 1 atom stereocenters. The smallest absolute Gasteiger partial charge is 0.356 e. The van der Waals surface area contributed by atoms with Gasteiger partial charge in [0.15, 0.2) is 0 Å². The number of nitrogens with two attached hydrogens (primary N) is 1. The Morgan fingerprint density at radius 2 is 1.70 bits per heavy atom. The number of anilines is 1. The minimum Gasteiger partial charge on any atom is -0.385 e. The molecule has 3 aromatic rings. The molecule has 142 valence electrons. The number of benzene rings is 2. The molecule has 0 bridgehead atoms. The van der Waals surface area contributed by atoms with Crippen LogP contribution in [-0.2, 0) is 13.1 Å². The lowest BCUT2D eigenvalue weighted by atomic mass is 10.1. The fraction of sp³-hybridized carbons (Fsp3) is 0.409. The maximum atomic E-state index is 10.7. The zero-order chi connectivity index (χ0) is 18.6. The number of aromatic nitrogens is 2. The highest BCUT2D eigenvalue weighted by molar-refractivity contribution is 5.73. The van der Waals surface area contributed by atoms with E-state index < -0.39 is 6.10 Å². The molecule has 1 aromatic heterocycles. The minimum atomic E-state index is -0.578. The zero-order valence-corrected chi connectivity index (χ0v) is 15.8. The Morgan fingerprint density at radius 1 is 1.00 bits per heavy atom. The number of nitrogen functional groups attached to an aromatic ring is 1. The average Bonchev–Trinajstić information content (AvgIpc) is 2.99. The van der Waals surface area contributed by atoms with Gasteiger partial charge in [-0.05, 0) is 37.0 Å². The molecule has 0 radical (unpaired) electrons. The second-order valence-corrected chi connectivity index (χ2v) is 7.60. The summed E-state index contributed by atoms with van der Waals surface area (Å²) >= 11 is 0. The first kappa shape index (κ1) is 18.0. The largest absolute Gasteiger partial charge is 0.385 e. The summed E-state index contributed by atoms with van der Waals surface area (Å²) in [5, 5.41) is 10.7. The van der Waals surface area contributed by atoms with Crippen molar-refractivity contribution >= 4 is 17.0 Å². The second-order valence-electron chi connectivity index (χ2n) is 7.60. The number of piperidine rings is 1. The van der Waals surface area contributed by atoms with Crippen molar-refractivity contribution in [3.63, 3.8) is 0 Å². The van der Waals surface area contributed by atoms with Crippen molar-refractivity contribution in [1.29, 1.82) is 0 Å². The number of quaternary nitrogens is 1. The number of hydrogen-bond acceptors (Lipinski definition) is 2. The molecule has 4 N–H and O–H groups in total. The SMILES string of the molecule is Nc1n(CC[NH+]2CCCCC2)c2ccccc2[n+]1CC(O)c1ccccc1. The van der Waals surface area contributed by atoms with Crippen molar-refractivity contribution in [2.24, 2.45) is 0 Å². The third-order valence-electron chi connectivity index (χ3n) is 5.81. The molecule has 5 nitrogen and oxygen atoms in total. The van der Waals surface area contributed by atoms with Crippen molar-refractivity contribution in [2.45, 2.75) is 38.5 Å². The Bertz CT molecular complexity index is 884. The van der Waals surface area contributed by atoms with Crippen LogP contribution in [0.5, 0.6) is 0 Å². The van der Waals surface area contributed by atoms with Gasteiger partial charge in [0.2, 0.25) is 0 Å². The first-order valence-electron chi connectivity index (χ1n) is 10.1. The number of hydrogen-bond donors (Lipinski definition) is 3. The number of nitrogens with one attached hydrogen (secondary N) is 1. The van der Waals surface area contributed by atoms with Crippen LogP contribution in [0.15, 0.2) is 54.6 Å². The van der Waals surface area contributed by atoms with E-state index in [1.807, 2.05) is 36.4 Å². The van der Waals surface area contributed by atoms with Crippen molar-refractivity contribution < 1.29 is 14.6 Å². The highest BCUT2D eigenvalue weighted by Gasteiger charge is 2.24. The summed E-state index contributed by atoms with van der Waals surface area (Å²) < 4.78 is 4.27. The molecule has 0 spiro atoms. The number of nitrogens with zero attached hydrogens (tertiary/aromatic N) is 2. The number of rotatable bonds is 6. The third-order valence-corrected chi connectivity index (χ3v) is 5.81. The number of likely N-dealkylation sites (tertiary alicyclic amines) is 1. The van der Waals surface area contributed by atoms with E-state index in [1.165, 1.54) is 32.4 Å². The van der Waals surface area contributed by atoms with Gasteiger partial charge in [-0.25, -0.2) is 9.13 Å². The Balaban J connectivity index is 1.60. The topological polar surface area (TPSA) is 59.5 Å². The van der Waals surface area contributed by atoms with E-state index in [9.17, 15) is 5.11 Å². The fourth-order valence-corrected chi connectivity index (χ4v) is 4.27. The standard InChI is InChI=1S/C22H28N4O/c23-22-25(16-15-24-13-7-2-8-14-24)19-11-5-6-12-20(19)26(22)17-21(27)18-9-3-1-4-10-18/h1,3-6,9-12,21,23,27H,2,7-8,13-17H2/p+2.